The van der Waals surface area contributed by atoms with Gasteiger partial charge in [-0.2, -0.15) is 5.10 Å². The number of piperazine rings is 1. The Labute approximate surface area is 245 Å². The molecule has 1 aliphatic rings. The fourth-order valence-corrected chi connectivity index (χ4v) is 4.70. The zero-order valence-corrected chi connectivity index (χ0v) is 23.9. The highest BCUT2D eigenvalue weighted by Gasteiger charge is 2.40. The van der Waals surface area contributed by atoms with E-state index in [1.807, 2.05) is 18.7 Å². The number of hydrogen-bond donors (Lipinski definition) is 1. The van der Waals surface area contributed by atoms with Crippen LogP contribution in [0.2, 0.25) is 0 Å². The van der Waals surface area contributed by atoms with E-state index in [1.165, 1.54) is 30.4 Å². The zero-order valence-electron chi connectivity index (χ0n) is 23.9. The summed E-state index contributed by atoms with van der Waals surface area (Å²) in [5.74, 6) is -1.78. The second kappa shape index (κ2) is 12.1. The molecule has 1 fully saturated rings. The van der Waals surface area contributed by atoms with Crippen molar-refractivity contribution in [3.8, 4) is 23.3 Å². The van der Waals surface area contributed by atoms with Crippen LogP contribution in [0.4, 0.5) is 14.6 Å². The molecule has 1 unspecified atom stereocenters. The van der Waals surface area contributed by atoms with E-state index in [9.17, 15) is 18.4 Å². The minimum atomic E-state index is -0.881. The molecule has 0 radical (unpaired) electrons. The fourth-order valence-electron chi connectivity index (χ4n) is 4.70. The third-order valence-electron chi connectivity index (χ3n) is 6.95. The first kappa shape index (κ1) is 29.4. The molecule has 224 valence electrons. The third kappa shape index (κ3) is 6.40. The molecule has 0 spiro atoms. The van der Waals surface area contributed by atoms with Crippen molar-refractivity contribution in [3.63, 3.8) is 0 Å². The SMILES string of the molecule is COc1ncc(C(=O)N2CCN(C(C)C(=O)Nc3cnc(Oc4ccc(F)cc4F)cn3)CC2(C)C)nc1-n1cccn1. The van der Waals surface area contributed by atoms with E-state index in [-0.39, 0.29) is 40.8 Å². The molecular formula is C28H29F2N9O4. The lowest BCUT2D eigenvalue weighted by Gasteiger charge is -2.48. The van der Waals surface area contributed by atoms with Crippen molar-refractivity contribution in [2.75, 3.05) is 32.1 Å². The first-order chi connectivity index (χ1) is 20.6. The summed E-state index contributed by atoms with van der Waals surface area (Å²) in [6.07, 6.45) is 7.13. The van der Waals surface area contributed by atoms with Gasteiger partial charge >= 0.3 is 0 Å². The van der Waals surface area contributed by atoms with Crippen molar-refractivity contribution in [3.05, 3.63) is 72.6 Å². The van der Waals surface area contributed by atoms with Gasteiger partial charge < -0.3 is 19.7 Å². The molecular weight excluding hydrogens is 564 g/mol. The molecule has 43 heavy (non-hydrogen) atoms. The number of methoxy groups -OCH3 is 1. The van der Waals surface area contributed by atoms with Gasteiger partial charge in [0.25, 0.3) is 11.8 Å². The minimum Gasteiger partial charge on any atom is -0.478 e. The number of amides is 2. The number of nitrogens with zero attached hydrogens (tertiary/aromatic N) is 8. The average molecular weight is 594 g/mol. The van der Waals surface area contributed by atoms with Gasteiger partial charge in [0.15, 0.2) is 17.4 Å². The summed E-state index contributed by atoms with van der Waals surface area (Å²) in [6.45, 7) is 6.78. The van der Waals surface area contributed by atoms with Crippen LogP contribution in [0.3, 0.4) is 0 Å². The number of nitrogens with one attached hydrogen (secondary N) is 1. The Bertz CT molecular complexity index is 1620. The summed E-state index contributed by atoms with van der Waals surface area (Å²) in [7, 11) is 1.46. The number of aromatic nitrogens is 6. The number of benzene rings is 1. The topological polar surface area (TPSA) is 140 Å². The maximum atomic E-state index is 13.8. The molecule has 1 atom stereocenters. The summed E-state index contributed by atoms with van der Waals surface area (Å²) < 4.78 is 39.0. The van der Waals surface area contributed by atoms with E-state index in [0.717, 1.165) is 12.1 Å². The summed E-state index contributed by atoms with van der Waals surface area (Å²) in [6, 6.07) is 4.06. The van der Waals surface area contributed by atoms with Crippen LogP contribution >= 0.6 is 0 Å². The lowest BCUT2D eigenvalue weighted by Crippen LogP contribution is -2.63. The molecule has 0 saturated carbocycles. The molecule has 2 amide bonds. The highest BCUT2D eigenvalue weighted by atomic mass is 19.1. The van der Waals surface area contributed by atoms with Crippen molar-refractivity contribution in [1.29, 1.82) is 0 Å². The predicted molar refractivity (Wildman–Crippen MR) is 149 cm³/mol. The van der Waals surface area contributed by atoms with E-state index in [4.69, 9.17) is 9.47 Å². The van der Waals surface area contributed by atoms with Crippen LogP contribution in [-0.2, 0) is 4.79 Å². The Balaban J connectivity index is 1.21. The van der Waals surface area contributed by atoms with Crippen LogP contribution in [0.1, 0.15) is 31.3 Å². The van der Waals surface area contributed by atoms with Gasteiger partial charge in [0.05, 0.1) is 37.3 Å². The normalized spacial score (nSPS) is 15.5. The number of carbonyl (C=O) groups is 2. The van der Waals surface area contributed by atoms with Crippen LogP contribution in [0, 0.1) is 11.6 Å². The number of anilines is 1. The second-order valence-electron chi connectivity index (χ2n) is 10.4. The quantitative estimate of drug-likeness (QED) is 0.324. The molecule has 13 nitrogen and oxygen atoms in total. The molecule has 1 aliphatic heterocycles. The molecule has 4 heterocycles. The lowest BCUT2D eigenvalue weighted by molar-refractivity contribution is -0.122. The van der Waals surface area contributed by atoms with Gasteiger partial charge in [-0.25, -0.2) is 33.4 Å². The summed E-state index contributed by atoms with van der Waals surface area (Å²) >= 11 is 0. The molecule has 1 saturated heterocycles. The van der Waals surface area contributed by atoms with Crippen molar-refractivity contribution < 1.29 is 27.8 Å². The number of carbonyl (C=O) groups excluding carboxylic acids is 2. The smallest absolute Gasteiger partial charge is 0.274 e. The van der Waals surface area contributed by atoms with Crippen LogP contribution < -0.4 is 14.8 Å². The standard InChI is InChI=1S/C28H29F2N9O4/c1-17(25(40)36-22-14-32-23(15-31-22)43-21-7-6-18(29)12-19(21)30)37-10-11-38(28(2,3)16-37)27(41)20-13-33-26(42-4)24(35-20)39-9-5-8-34-39/h5-9,12-15,17H,10-11,16H2,1-4H3,(H,31,36,40). The number of halogens is 2. The van der Waals surface area contributed by atoms with Crippen LogP contribution in [0.5, 0.6) is 17.5 Å². The monoisotopic (exact) mass is 593 g/mol. The average Bonchev–Trinajstić information content (AvgIpc) is 3.53. The van der Waals surface area contributed by atoms with Gasteiger partial charge in [-0.05, 0) is 39.0 Å². The zero-order chi connectivity index (χ0) is 30.7. The Morgan fingerprint density at radius 1 is 1.09 bits per heavy atom. The molecule has 5 rings (SSSR count). The number of rotatable bonds is 8. The first-order valence-electron chi connectivity index (χ1n) is 13.3. The largest absolute Gasteiger partial charge is 0.478 e. The Morgan fingerprint density at radius 2 is 1.91 bits per heavy atom. The molecule has 0 bridgehead atoms. The Hall–Kier alpha value is -5.05. The van der Waals surface area contributed by atoms with Crippen LogP contribution in [0.25, 0.3) is 5.82 Å². The summed E-state index contributed by atoms with van der Waals surface area (Å²) in [5.41, 5.74) is -0.502. The van der Waals surface area contributed by atoms with Crippen LogP contribution in [-0.4, -0.2) is 89.7 Å². The molecule has 15 heteroatoms. The van der Waals surface area contributed by atoms with E-state index in [1.54, 1.807) is 30.3 Å². The maximum absolute atomic E-state index is 13.8. The summed E-state index contributed by atoms with van der Waals surface area (Å²) in [4.78, 5) is 47.2. The van der Waals surface area contributed by atoms with Gasteiger partial charge in [0, 0.05) is 38.1 Å². The van der Waals surface area contributed by atoms with E-state index in [0.29, 0.717) is 31.5 Å². The second-order valence-corrected chi connectivity index (χ2v) is 10.4. The summed E-state index contributed by atoms with van der Waals surface area (Å²) in [5, 5.41) is 6.88. The van der Waals surface area contributed by atoms with Gasteiger partial charge in [-0.15, -0.1) is 0 Å². The maximum Gasteiger partial charge on any atom is 0.274 e. The van der Waals surface area contributed by atoms with Crippen LogP contribution in [0.15, 0.2) is 55.2 Å². The van der Waals surface area contributed by atoms with Gasteiger partial charge in [-0.3, -0.25) is 14.5 Å². The van der Waals surface area contributed by atoms with E-state index in [2.05, 4.69) is 30.4 Å². The van der Waals surface area contributed by atoms with Gasteiger partial charge in [-0.1, -0.05) is 0 Å². The Morgan fingerprint density at radius 3 is 2.56 bits per heavy atom. The number of hydrogen-bond acceptors (Lipinski definition) is 10. The van der Waals surface area contributed by atoms with Gasteiger partial charge in [0.1, 0.15) is 11.5 Å². The Kier molecular flexibility index (Phi) is 8.25. The highest BCUT2D eigenvalue weighted by molar-refractivity contribution is 5.94. The van der Waals surface area contributed by atoms with Gasteiger partial charge in [0.2, 0.25) is 17.6 Å². The molecule has 0 aliphatic carbocycles. The lowest BCUT2D eigenvalue weighted by atomic mass is 9.97. The molecule has 1 aromatic carbocycles. The molecule has 4 aromatic rings. The van der Waals surface area contributed by atoms with Crippen molar-refractivity contribution in [2.24, 2.45) is 0 Å². The third-order valence-corrected chi connectivity index (χ3v) is 6.95. The molecule has 3 aromatic heterocycles. The van der Waals surface area contributed by atoms with E-state index >= 15 is 0 Å². The van der Waals surface area contributed by atoms with Crippen molar-refractivity contribution in [2.45, 2.75) is 32.4 Å². The molecule has 1 N–H and O–H groups in total. The minimum absolute atomic E-state index is 0.0302. The van der Waals surface area contributed by atoms with E-state index < -0.39 is 23.2 Å². The number of ether oxygens (including phenoxy) is 2. The van der Waals surface area contributed by atoms with Crippen molar-refractivity contribution in [1.82, 2.24) is 39.5 Å². The highest BCUT2D eigenvalue weighted by Crippen LogP contribution is 2.27. The van der Waals surface area contributed by atoms with Crippen molar-refractivity contribution >= 4 is 17.6 Å². The fraction of sp³-hybridized carbons (Fsp3) is 0.321. The first-order valence-corrected chi connectivity index (χ1v) is 13.3. The predicted octanol–water partition coefficient (Wildman–Crippen LogP) is 3.10.